The molecule has 0 aliphatic rings. The molecule has 2 aromatic carbocycles. The monoisotopic (exact) mass is 359 g/mol. The van der Waals surface area contributed by atoms with E-state index in [9.17, 15) is 14.0 Å². The van der Waals surface area contributed by atoms with Gasteiger partial charge in [-0.2, -0.15) is 0 Å². The van der Waals surface area contributed by atoms with E-state index in [1.165, 1.54) is 29.2 Å². The number of benzene rings is 2. The number of aliphatic carboxylic acids is 1. The maximum atomic E-state index is 13.0. The second-order valence-electron chi connectivity index (χ2n) is 6.24. The largest absolute Gasteiger partial charge is 0.480 e. The van der Waals surface area contributed by atoms with Crippen LogP contribution in [0.1, 0.15) is 35.3 Å². The van der Waals surface area contributed by atoms with Crippen molar-refractivity contribution in [3.63, 3.8) is 0 Å². The summed E-state index contributed by atoms with van der Waals surface area (Å²) in [6.07, 6.45) is 0.109. The summed E-state index contributed by atoms with van der Waals surface area (Å²) in [6, 6.07) is 12.5. The van der Waals surface area contributed by atoms with Crippen molar-refractivity contribution < 1.29 is 23.8 Å². The number of carboxylic acid groups (broad SMARTS) is 1. The van der Waals surface area contributed by atoms with Crippen LogP contribution in [0.3, 0.4) is 0 Å². The molecule has 0 saturated carbocycles. The second kappa shape index (κ2) is 9.10. The summed E-state index contributed by atoms with van der Waals surface area (Å²) < 4.78 is 18.5. The summed E-state index contributed by atoms with van der Waals surface area (Å²) >= 11 is 0. The van der Waals surface area contributed by atoms with Gasteiger partial charge in [-0.1, -0.05) is 24.3 Å². The molecule has 0 saturated heterocycles. The summed E-state index contributed by atoms with van der Waals surface area (Å²) in [5.41, 5.74) is 1.98. The molecule has 0 heterocycles. The molecular weight excluding hydrogens is 337 g/mol. The van der Waals surface area contributed by atoms with Gasteiger partial charge >= 0.3 is 5.97 Å². The van der Waals surface area contributed by atoms with E-state index in [0.717, 1.165) is 5.56 Å². The van der Waals surface area contributed by atoms with Crippen LogP contribution in [0, 0.1) is 5.82 Å². The molecule has 0 aliphatic heterocycles. The molecule has 1 N–H and O–H groups in total. The summed E-state index contributed by atoms with van der Waals surface area (Å²) in [5, 5.41) is 9.10. The van der Waals surface area contributed by atoms with Gasteiger partial charge in [0.15, 0.2) is 0 Å². The maximum absolute atomic E-state index is 13.0. The van der Waals surface area contributed by atoms with E-state index in [2.05, 4.69) is 0 Å². The molecule has 0 aromatic heterocycles. The molecule has 0 spiro atoms. The SMILES string of the molecule is CC(C)OCc1ccc(C(=O)N(CC(=O)O)Cc2ccc(F)cc2)cc1. The third-order valence-electron chi connectivity index (χ3n) is 3.68. The Bertz CT molecular complexity index is 741. The molecule has 6 heteroatoms. The van der Waals surface area contributed by atoms with Crippen molar-refractivity contribution in [1.82, 2.24) is 4.90 Å². The van der Waals surface area contributed by atoms with Crippen molar-refractivity contribution in [3.8, 4) is 0 Å². The van der Waals surface area contributed by atoms with Gasteiger partial charge in [0.05, 0.1) is 12.7 Å². The molecule has 0 radical (unpaired) electrons. The third kappa shape index (κ3) is 5.97. The van der Waals surface area contributed by atoms with Crippen molar-refractivity contribution in [2.24, 2.45) is 0 Å². The number of hydrogen-bond acceptors (Lipinski definition) is 3. The van der Waals surface area contributed by atoms with E-state index in [0.29, 0.717) is 17.7 Å². The van der Waals surface area contributed by atoms with Gasteiger partial charge in [0, 0.05) is 12.1 Å². The van der Waals surface area contributed by atoms with Gasteiger partial charge in [0.25, 0.3) is 5.91 Å². The van der Waals surface area contributed by atoms with Crippen LogP contribution in [0.2, 0.25) is 0 Å². The quantitative estimate of drug-likeness (QED) is 0.784. The highest BCUT2D eigenvalue weighted by Crippen LogP contribution is 2.13. The van der Waals surface area contributed by atoms with Gasteiger partial charge in [0.1, 0.15) is 12.4 Å². The average Bonchev–Trinajstić information content (AvgIpc) is 2.60. The second-order valence-corrected chi connectivity index (χ2v) is 6.24. The number of hydrogen-bond donors (Lipinski definition) is 1. The van der Waals surface area contributed by atoms with E-state index in [1.54, 1.807) is 24.3 Å². The molecule has 138 valence electrons. The maximum Gasteiger partial charge on any atom is 0.323 e. The van der Waals surface area contributed by atoms with Gasteiger partial charge in [-0.25, -0.2) is 4.39 Å². The first kappa shape index (κ1) is 19.6. The summed E-state index contributed by atoms with van der Waals surface area (Å²) in [4.78, 5) is 25.0. The molecule has 0 atom stereocenters. The van der Waals surface area contributed by atoms with E-state index >= 15 is 0 Å². The molecule has 0 fully saturated rings. The van der Waals surface area contributed by atoms with Crippen LogP contribution in [0.15, 0.2) is 48.5 Å². The van der Waals surface area contributed by atoms with Gasteiger partial charge in [-0.15, -0.1) is 0 Å². The third-order valence-corrected chi connectivity index (χ3v) is 3.68. The van der Waals surface area contributed by atoms with Crippen molar-refractivity contribution in [2.75, 3.05) is 6.54 Å². The fourth-order valence-corrected chi connectivity index (χ4v) is 2.36. The van der Waals surface area contributed by atoms with Crippen molar-refractivity contribution in [2.45, 2.75) is 33.1 Å². The number of carboxylic acids is 1. The minimum atomic E-state index is -1.11. The van der Waals surface area contributed by atoms with Crippen LogP contribution >= 0.6 is 0 Å². The summed E-state index contributed by atoms with van der Waals surface area (Å²) in [5.74, 6) is -1.89. The zero-order valence-electron chi connectivity index (χ0n) is 14.8. The number of halogens is 1. The molecule has 5 nitrogen and oxygen atoms in total. The number of carbonyl (C=O) groups excluding carboxylic acids is 1. The number of ether oxygens (including phenoxy) is 1. The highest BCUT2D eigenvalue weighted by molar-refractivity contribution is 5.95. The number of carbonyl (C=O) groups is 2. The van der Waals surface area contributed by atoms with E-state index in [4.69, 9.17) is 9.84 Å². The summed E-state index contributed by atoms with van der Waals surface area (Å²) in [7, 11) is 0. The number of nitrogens with zero attached hydrogens (tertiary/aromatic N) is 1. The Morgan fingerprint density at radius 2 is 1.62 bits per heavy atom. The highest BCUT2D eigenvalue weighted by atomic mass is 19.1. The fraction of sp³-hybridized carbons (Fsp3) is 0.300. The lowest BCUT2D eigenvalue weighted by molar-refractivity contribution is -0.137. The standard InChI is InChI=1S/C20H22FNO4/c1-14(2)26-13-16-3-7-17(8-4-16)20(25)22(12-19(23)24)11-15-5-9-18(21)10-6-15/h3-10,14H,11-13H2,1-2H3,(H,23,24). The zero-order chi connectivity index (χ0) is 19.1. The lowest BCUT2D eigenvalue weighted by atomic mass is 10.1. The Morgan fingerprint density at radius 1 is 1.04 bits per heavy atom. The van der Waals surface area contributed by atoms with E-state index in [1.807, 2.05) is 13.8 Å². The van der Waals surface area contributed by atoms with Crippen LogP contribution in [0.25, 0.3) is 0 Å². The first-order valence-corrected chi connectivity index (χ1v) is 8.31. The molecule has 0 unspecified atom stereocenters. The Balaban J connectivity index is 2.12. The Hall–Kier alpha value is -2.73. The predicted molar refractivity (Wildman–Crippen MR) is 95.1 cm³/mol. The zero-order valence-corrected chi connectivity index (χ0v) is 14.8. The summed E-state index contributed by atoms with van der Waals surface area (Å²) in [6.45, 7) is 3.98. The molecule has 26 heavy (non-hydrogen) atoms. The van der Waals surface area contributed by atoms with Crippen LogP contribution in [0.5, 0.6) is 0 Å². The molecule has 1 amide bonds. The smallest absolute Gasteiger partial charge is 0.323 e. The van der Waals surface area contributed by atoms with Gasteiger partial charge in [0.2, 0.25) is 0 Å². The minimum Gasteiger partial charge on any atom is -0.480 e. The van der Waals surface area contributed by atoms with Crippen molar-refractivity contribution >= 4 is 11.9 Å². The number of amides is 1. The van der Waals surface area contributed by atoms with Crippen LogP contribution in [-0.2, 0) is 22.7 Å². The topological polar surface area (TPSA) is 66.8 Å². The van der Waals surface area contributed by atoms with E-state index < -0.39 is 18.4 Å². The molecule has 2 rings (SSSR count). The Kier molecular flexibility index (Phi) is 6.86. The highest BCUT2D eigenvalue weighted by Gasteiger charge is 2.19. The minimum absolute atomic E-state index is 0.0869. The molecule has 0 bridgehead atoms. The molecule has 2 aromatic rings. The lowest BCUT2D eigenvalue weighted by Gasteiger charge is -2.21. The van der Waals surface area contributed by atoms with E-state index in [-0.39, 0.29) is 18.5 Å². The van der Waals surface area contributed by atoms with Gasteiger partial charge in [-0.05, 0) is 49.2 Å². The van der Waals surface area contributed by atoms with Crippen LogP contribution < -0.4 is 0 Å². The van der Waals surface area contributed by atoms with Gasteiger partial charge < -0.3 is 14.7 Å². The number of rotatable bonds is 8. The van der Waals surface area contributed by atoms with Crippen LogP contribution in [-0.4, -0.2) is 34.5 Å². The molecular formula is C20H22FNO4. The first-order chi connectivity index (χ1) is 12.3. The normalized spacial score (nSPS) is 10.8. The lowest BCUT2D eigenvalue weighted by Crippen LogP contribution is -2.35. The van der Waals surface area contributed by atoms with Gasteiger partial charge in [-0.3, -0.25) is 9.59 Å². The fourth-order valence-electron chi connectivity index (χ4n) is 2.36. The Morgan fingerprint density at radius 3 is 2.15 bits per heavy atom. The van der Waals surface area contributed by atoms with Crippen molar-refractivity contribution in [3.05, 3.63) is 71.0 Å². The Labute approximate surface area is 152 Å². The van der Waals surface area contributed by atoms with Crippen molar-refractivity contribution in [1.29, 1.82) is 0 Å². The first-order valence-electron chi connectivity index (χ1n) is 8.31. The van der Waals surface area contributed by atoms with Crippen LogP contribution in [0.4, 0.5) is 4.39 Å². The average molecular weight is 359 g/mol. The molecule has 0 aliphatic carbocycles. The predicted octanol–water partition coefficient (Wildman–Crippen LogP) is 3.48.